The predicted molar refractivity (Wildman–Crippen MR) is 115 cm³/mol. The van der Waals surface area contributed by atoms with Gasteiger partial charge in [-0.05, 0) is 50.3 Å². The first kappa shape index (κ1) is 21.8. The molecule has 2 atom stereocenters. The second kappa shape index (κ2) is 9.64. The Morgan fingerprint density at radius 2 is 2.19 bits per heavy atom. The van der Waals surface area contributed by atoms with E-state index in [2.05, 4.69) is 33.5 Å². The van der Waals surface area contributed by atoms with Crippen molar-refractivity contribution in [1.82, 2.24) is 10.6 Å². The number of anilines is 1. The SMILES string of the molecule is CN=C(NCC1CCN(c2cc(Cl)ccc2C)C1)NC(C)CCS(C)(=O)=O. The number of hydrogen-bond donors (Lipinski definition) is 2. The fraction of sp³-hybridized carbons (Fsp3) is 0.632. The largest absolute Gasteiger partial charge is 0.371 e. The number of halogens is 1. The van der Waals surface area contributed by atoms with Crippen LogP contribution in [0.5, 0.6) is 0 Å². The molecule has 2 rings (SSSR count). The van der Waals surface area contributed by atoms with Gasteiger partial charge in [-0.2, -0.15) is 0 Å². The van der Waals surface area contributed by atoms with E-state index in [0.29, 0.717) is 18.3 Å². The topological polar surface area (TPSA) is 73.8 Å². The standard InChI is InChI=1S/C19H31ClN4O2S/c1-14-5-6-17(20)11-18(14)24-9-7-16(13-24)12-22-19(21-3)23-15(2)8-10-27(4,25)26/h5-6,11,15-16H,7-10,12-13H2,1-4H3,(H2,21,22,23). The minimum atomic E-state index is -2.94. The van der Waals surface area contributed by atoms with Gasteiger partial charge in [-0.25, -0.2) is 8.42 Å². The molecule has 152 valence electrons. The molecule has 27 heavy (non-hydrogen) atoms. The van der Waals surface area contributed by atoms with Crippen molar-refractivity contribution in [2.45, 2.75) is 32.7 Å². The molecule has 2 N–H and O–H groups in total. The average molecular weight is 415 g/mol. The van der Waals surface area contributed by atoms with Crippen molar-refractivity contribution < 1.29 is 8.42 Å². The van der Waals surface area contributed by atoms with Gasteiger partial charge in [0.1, 0.15) is 9.84 Å². The zero-order valence-electron chi connectivity index (χ0n) is 16.6. The van der Waals surface area contributed by atoms with Gasteiger partial charge >= 0.3 is 0 Å². The number of aliphatic imine (C=N–C) groups is 1. The van der Waals surface area contributed by atoms with Crippen molar-refractivity contribution in [3.8, 4) is 0 Å². The highest BCUT2D eigenvalue weighted by Crippen LogP contribution is 2.29. The van der Waals surface area contributed by atoms with Crippen LogP contribution in [0.4, 0.5) is 5.69 Å². The second-order valence-electron chi connectivity index (χ2n) is 7.45. The van der Waals surface area contributed by atoms with E-state index in [0.717, 1.165) is 31.1 Å². The smallest absolute Gasteiger partial charge is 0.191 e. The second-order valence-corrected chi connectivity index (χ2v) is 10.1. The number of hydrogen-bond acceptors (Lipinski definition) is 4. The van der Waals surface area contributed by atoms with E-state index in [1.807, 2.05) is 19.1 Å². The summed E-state index contributed by atoms with van der Waals surface area (Å²) < 4.78 is 22.6. The molecular weight excluding hydrogens is 384 g/mol. The van der Waals surface area contributed by atoms with Crippen LogP contribution in [-0.2, 0) is 9.84 Å². The Balaban J connectivity index is 1.81. The van der Waals surface area contributed by atoms with Crippen LogP contribution in [0.3, 0.4) is 0 Å². The number of guanidine groups is 1. The van der Waals surface area contributed by atoms with Gasteiger partial charge in [-0.3, -0.25) is 4.99 Å². The molecule has 1 saturated heterocycles. The molecule has 6 nitrogen and oxygen atoms in total. The summed E-state index contributed by atoms with van der Waals surface area (Å²) in [5, 5.41) is 7.41. The van der Waals surface area contributed by atoms with Crippen LogP contribution in [0.2, 0.25) is 5.02 Å². The lowest BCUT2D eigenvalue weighted by Gasteiger charge is -2.22. The van der Waals surface area contributed by atoms with Gasteiger partial charge in [0.05, 0.1) is 5.75 Å². The summed E-state index contributed by atoms with van der Waals surface area (Å²) in [4.78, 5) is 6.64. The summed E-state index contributed by atoms with van der Waals surface area (Å²) in [6.45, 7) is 6.91. The zero-order valence-corrected chi connectivity index (χ0v) is 18.2. The minimum absolute atomic E-state index is 0.0418. The molecule has 0 aliphatic carbocycles. The van der Waals surface area contributed by atoms with E-state index in [1.54, 1.807) is 7.05 Å². The molecule has 1 aliphatic rings. The Labute approximate surface area is 168 Å². The van der Waals surface area contributed by atoms with Gasteiger partial charge in [0.15, 0.2) is 5.96 Å². The van der Waals surface area contributed by atoms with E-state index in [1.165, 1.54) is 17.5 Å². The highest BCUT2D eigenvalue weighted by atomic mass is 35.5. The van der Waals surface area contributed by atoms with Crippen molar-refractivity contribution in [1.29, 1.82) is 0 Å². The monoisotopic (exact) mass is 414 g/mol. The molecule has 2 unspecified atom stereocenters. The maximum atomic E-state index is 11.3. The molecular formula is C19H31ClN4O2S. The number of rotatable bonds is 7. The van der Waals surface area contributed by atoms with Gasteiger partial charge in [0, 0.05) is 49.7 Å². The van der Waals surface area contributed by atoms with Crippen molar-refractivity contribution in [3.63, 3.8) is 0 Å². The molecule has 0 aromatic heterocycles. The molecule has 1 aromatic carbocycles. The van der Waals surface area contributed by atoms with Crippen molar-refractivity contribution in [3.05, 3.63) is 28.8 Å². The lowest BCUT2D eigenvalue weighted by Crippen LogP contribution is -2.44. The van der Waals surface area contributed by atoms with Gasteiger partial charge < -0.3 is 15.5 Å². The number of aryl methyl sites for hydroxylation is 1. The zero-order chi connectivity index (χ0) is 20.0. The first-order chi connectivity index (χ1) is 12.7. The lowest BCUT2D eigenvalue weighted by atomic mass is 10.1. The third-order valence-corrected chi connectivity index (χ3v) is 6.10. The van der Waals surface area contributed by atoms with Crippen LogP contribution in [0.15, 0.2) is 23.2 Å². The Kier molecular flexibility index (Phi) is 7.79. The Morgan fingerprint density at radius 3 is 2.85 bits per heavy atom. The number of nitrogens with zero attached hydrogens (tertiary/aromatic N) is 2. The molecule has 1 aliphatic heterocycles. The van der Waals surface area contributed by atoms with Gasteiger partial charge in [-0.15, -0.1) is 0 Å². The first-order valence-electron chi connectivity index (χ1n) is 9.34. The van der Waals surface area contributed by atoms with Gasteiger partial charge in [0.25, 0.3) is 0 Å². The van der Waals surface area contributed by atoms with Crippen LogP contribution in [0.1, 0.15) is 25.3 Å². The number of sulfone groups is 1. The Hall–Kier alpha value is -1.47. The predicted octanol–water partition coefficient (Wildman–Crippen LogP) is 2.46. The third kappa shape index (κ3) is 7.22. The molecule has 0 saturated carbocycles. The van der Waals surface area contributed by atoms with E-state index in [-0.39, 0.29) is 11.8 Å². The lowest BCUT2D eigenvalue weighted by molar-refractivity contribution is 0.551. The number of benzene rings is 1. The van der Waals surface area contributed by atoms with Crippen LogP contribution < -0.4 is 15.5 Å². The van der Waals surface area contributed by atoms with E-state index in [9.17, 15) is 8.42 Å². The fourth-order valence-corrected chi connectivity index (χ4v) is 4.22. The summed E-state index contributed by atoms with van der Waals surface area (Å²) in [7, 11) is -1.21. The maximum absolute atomic E-state index is 11.3. The summed E-state index contributed by atoms with van der Waals surface area (Å²) in [5.74, 6) is 1.41. The molecule has 1 fully saturated rings. The van der Waals surface area contributed by atoms with E-state index in [4.69, 9.17) is 11.6 Å². The van der Waals surface area contributed by atoms with Crippen molar-refractivity contribution in [2.24, 2.45) is 10.9 Å². The summed E-state index contributed by atoms with van der Waals surface area (Å²) in [6.07, 6.45) is 2.94. The minimum Gasteiger partial charge on any atom is -0.371 e. The number of nitrogens with one attached hydrogen (secondary N) is 2. The highest BCUT2D eigenvalue weighted by Gasteiger charge is 2.24. The van der Waals surface area contributed by atoms with E-state index >= 15 is 0 Å². The normalized spacial score (nSPS) is 19.2. The quantitative estimate of drug-likeness (QED) is 0.529. The van der Waals surface area contributed by atoms with Crippen molar-refractivity contribution >= 4 is 33.1 Å². The third-order valence-electron chi connectivity index (χ3n) is 4.88. The van der Waals surface area contributed by atoms with Gasteiger partial charge in [0.2, 0.25) is 0 Å². The average Bonchev–Trinajstić information content (AvgIpc) is 3.07. The molecule has 0 amide bonds. The Bertz CT molecular complexity index is 767. The van der Waals surface area contributed by atoms with Crippen LogP contribution in [0.25, 0.3) is 0 Å². The summed E-state index contributed by atoms with van der Waals surface area (Å²) in [5.41, 5.74) is 2.45. The summed E-state index contributed by atoms with van der Waals surface area (Å²) in [6, 6.07) is 6.07. The van der Waals surface area contributed by atoms with Crippen LogP contribution >= 0.6 is 11.6 Å². The maximum Gasteiger partial charge on any atom is 0.191 e. The van der Waals surface area contributed by atoms with Gasteiger partial charge in [-0.1, -0.05) is 17.7 Å². The summed E-state index contributed by atoms with van der Waals surface area (Å²) >= 11 is 6.15. The molecule has 0 bridgehead atoms. The van der Waals surface area contributed by atoms with E-state index < -0.39 is 9.84 Å². The molecule has 0 spiro atoms. The van der Waals surface area contributed by atoms with Crippen molar-refractivity contribution in [2.75, 3.05) is 43.6 Å². The molecule has 0 radical (unpaired) electrons. The first-order valence-corrected chi connectivity index (χ1v) is 11.8. The molecule has 1 heterocycles. The molecule has 8 heteroatoms. The van der Waals surface area contributed by atoms with Crippen LogP contribution in [0, 0.1) is 12.8 Å². The van der Waals surface area contributed by atoms with Crippen LogP contribution in [-0.4, -0.2) is 59.1 Å². The fourth-order valence-electron chi connectivity index (χ4n) is 3.27. The highest BCUT2D eigenvalue weighted by molar-refractivity contribution is 7.90. The Morgan fingerprint density at radius 1 is 1.44 bits per heavy atom. The molecule has 1 aromatic rings.